The molecule has 0 spiro atoms. The van der Waals surface area contributed by atoms with E-state index in [-0.39, 0.29) is 12.4 Å². The molecule has 6 nitrogen and oxygen atoms in total. The number of aryl methyl sites for hydroxylation is 1. The maximum atomic E-state index is 12.6. The molecule has 1 amide bonds. The number of nitrogens with one attached hydrogen (secondary N) is 1. The van der Waals surface area contributed by atoms with Gasteiger partial charge in [-0.15, -0.1) is 0 Å². The second kappa shape index (κ2) is 12.4. The predicted octanol–water partition coefficient (Wildman–Crippen LogP) is 7.56. The van der Waals surface area contributed by atoms with Crippen molar-refractivity contribution in [2.45, 2.75) is 6.92 Å². The van der Waals surface area contributed by atoms with Crippen molar-refractivity contribution in [3.63, 3.8) is 0 Å². The molecule has 176 valence electrons. The predicted molar refractivity (Wildman–Crippen MR) is 149 cm³/mol. The number of halogens is 5. The van der Waals surface area contributed by atoms with Gasteiger partial charge in [-0.25, -0.2) is 10.2 Å². The molecule has 0 bridgehead atoms. The van der Waals surface area contributed by atoms with Gasteiger partial charge < -0.3 is 9.47 Å². The summed E-state index contributed by atoms with van der Waals surface area (Å²) in [6.07, 6.45) is 1.39. The van der Waals surface area contributed by atoms with E-state index in [2.05, 4.69) is 90.2 Å². The number of hydrogen-bond acceptors (Lipinski definition) is 5. The van der Waals surface area contributed by atoms with E-state index in [1.165, 1.54) is 6.21 Å². The van der Waals surface area contributed by atoms with Crippen molar-refractivity contribution < 1.29 is 19.1 Å². The lowest BCUT2D eigenvalue weighted by molar-refractivity contribution is -0.123. The van der Waals surface area contributed by atoms with Crippen LogP contribution in [0.5, 0.6) is 11.5 Å². The van der Waals surface area contributed by atoms with Crippen LogP contribution in [0, 0.1) is 6.92 Å². The summed E-state index contributed by atoms with van der Waals surface area (Å²) in [5.74, 6) is -0.218. The summed E-state index contributed by atoms with van der Waals surface area (Å²) in [4.78, 5) is 24.9. The lowest BCUT2D eigenvalue weighted by Gasteiger charge is -2.11. The third-order valence-corrected chi connectivity index (χ3v) is 6.87. The molecule has 0 aliphatic heterocycles. The number of amides is 1. The van der Waals surface area contributed by atoms with Crippen LogP contribution in [0.3, 0.4) is 0 Å². The fraction of sp³-hybridized carbons (Fsp3) is 0.0870. The zero-order chi connectivity index (χ0) is 24.8. The lowest BCUT2D eigenvalue weighted by atomic mass is 10.1. The average molecular weight is 783 g/mol. The van der Waals surface area contributed by atoms with Crippen LogP contribution in [0.25, 0.3) is 0 Å². The zero-order valence-corrected chi connectivity index (χ0v) is 25.3. The molecule has 0 aliphatic carbocycles. The smallest absolute Gasteiger partial charge is 0.343 e. The average Bonchev–Trinajstić information content (AvgIpc) is 2.75. The van der Waals surface area contributed by atoms with Gasteiger partial charge in [0.2, 0.25) is 0 Å². The van der Waals surface area contributed by atoms with Gasteiger partial charge >= 0.3 is 5.97 Å². The number of rotatable bonds is 7. The molecule has 0 fully saturated rings. The van der Waals surface area contributed by atoms with Gasteiger partial charge in [-0.1, -0.05) is 49.6 Å². The summed E-state index contributed by atoms with van der Waals surface area (Å²) >= 11 is 17.0. The number of hydrogen-bond donors (Lipinski definition) is 1. The summed E-state index contributed by atoms with van der Waals surface area (Å²) in [5, 5.41) is 3.98. The van der Waals surface area contributed by atoms with E-state index in [1.807, 2.05) is 13.0 Å². The van der Waals surface area contributed by atoms with Crippen LogP contribution in [0.4, 0.5) is 0 Å². The van der Waals surface area contributed by atoms with E-state index >= 15 is 0 Å². The fourth-order valence-electron chi connectivity index (χ4n) is 2.72. The first-order chi connectivity index (χ1) is 16.1. The van der Waals surface area contributed by atoms with Crippen molar-refractivity contribution in [3.8, 4) is 11.5 Å². The summed E-state index contributed by atoms with van der Waals surface area (Å²) in [7, 11) is 0. The first-order valence-electron chi connectivity index (χ1n) is 9.51. The van der Waals surface area contributed by atoms with Gasteiger partial charge in [0.15, 0.2) is 12.4 Å². The normalized spacial score (nSPS) is 10.9. The first kappa shape index (κ1) is 27.1. The lowest BCUT2D eigenvalue weighted by Crippen LogP contribution is -2.24. The van der Waals surface area contributed by atoms with Crippen molar-refractivity contribution in [3.05, 3.63) is 87.6 Å². The minimum Gasteiger partial charge on any atom is -0.481 e. The van der Waals surface area contributed by atoms with Gasteiger partial charge in [0.1, 0.15) is 5.75 Å². The Morgan fingerprint density at radius 3 is 2.18 bits per heavy atom. The van der Waals surface area contributed by atoms with Crippen LogP contribution in [0.2, 0.25) is 0 Å². The highest BCUT2D eigenvalue weighted by molar-refractivity contribution is 9.12. The minimum atomic E-state index is -0.510. The Balaban J connectivity index is 1.69. The van der Waals surface area contributed by atoms with Crippen molar-refractivity contribution in [1.29, 1.82) is 0 Å². The second-order valence-electron chi connectivity index (χ2n) is 6.85. The van der Waals surface area contributed by atoms with Gasteiger partial charge in [0.25, 0.3) is 5.91 Å². The number of carbonyl (C=O) groups is 2. The van der Waals surface area contributed by atoms with E-state index in [1.54, 1.807) is 42.5 Å². The zero-order valence-electron chi connectivity index (χ0n) is 17.4. The highest BCUT2D eigenvalue weighted by Gasteiger charge is 2.16. The number of benzene rings is 3. The molecule has 34 heavy (non-hydrogen) atoms. The Hall–Kier alpha value is -1.53. The molecule has 0 radical (unpaired) electrons. The molecule has 3 aromatic carbocycles. The molecule has 0 saturated heterocycles. The molecule has 0 aromatic heterocycles. The first-order valence-corrected chi connectivity index (χ1v) is 13.5. The number of hydrazone groups is 1. The van der Waals surface area contributed by atoms with Crippen LogP contribution in [-0.2, 0) is 4.79 Å². The highest BCUT2D eigenvalue weighted by atomic mass is 79.9. The number of esters is 1. The summed E-state index contributed by atoms with van der Waals surface area (Å²) in [6, 6.07) is 14.2. The Morgan fingerprint density at radius 2 is 1.53 bits per heavy atom. The van der Waals surface area contributed by atoms with Crippen LogP contribution in [0.1, 0.15) is 21.5 Å². The van der Waals surface area contributed by atoms with Crippen LogP contribution in [0.15, 0.2) is 76.0 Å². The van der Waals surface area contributed by atoms with Gasteiger partial charge in [-0.3, -0.25) is 4.79 Å². The Bertz CT molecular complexity index is 1260. The van der Waals surface area contributed by atoms with Crippen LogP contribution in [-0.4, -0.2) is 24.7 Å². The molecule has 1 N–H and O–H groups in total. The molecule has 0 unspecified atom stereocenters. The van der Waals surface area contributed by atoms with E-state index in [9.17, 15) is 9.59 Å². The largest absolute Gasteiger partial charge is 0.481 e. The number of ether oxygens (including phenoxy) is 2. The quantitative estimate of drug-likeness (QED) is 0.116. The summed E-state index contributed by atoms with van der Waals surface area (Å²) in [5.41, 5.74) is 4.25. The molecule has 0 atom stereocenters. The summed E-state index contributed by atoms with van der Waals surface area (Å²) < 4.78 is 14.7. The monoisotopic (exact) mass is 778 g/mol. The Kier molecular flexibility index (Phi) is 9.90. The van der Waals surface area contributed by atoms with Gasteiger partial charge in [-0.2, -0.15) is 5.10 Å². The van der Waals surface area contributed by atoms with E-state index in [0.29, 0.717) is 30.3 Å². The molecule has 0 aliphatic rings. The van der Waals surface area contributed by atoms with E-state index in [0.717, 1.165) is 14.5 Å². The second-order valence-corrected chi connectivity index (χ2v) is 11.2. The molecule has 11 heteroatoms. The van der Waals surface area contributed by atoms with Crippen molar-refractivity contribution in [1.82, 2.24) is 5.43 Å². The minimum absolute atomic E-state index is 0.256. The van der Waals surface area contributed by atoms with Gasteiger partial charge in [0.05, 0.1) is 25.2 Å². The van der Waals surface area contributed by atoms with Crippen molar-refractivity contribution in [2.75, 3.05) is 6.61 Å². The Labute approximate surface area is 238 Å². The SMILES string of the molecule is Cc1cccc(C(=O)Oc2c(Br)cc(Br)cc2/C=N/NC(=O)COc2c(Br)cc(Br)cc2Br)c1. The molecule has 0 saturated carbocycles. The maximum Gasteiger partial charge on any atom is 0.343 e. The van der Waals surface area contributed by atoms with E-state index < -0.39 is 11.9 Å². The number of nitrogens with zero attached hydrogens (tertiary/aromatic N) is 1. The third kappa shape index (κ3) is 7.48. The fourth-order valence-corrected chi connectivity index (χ4v) is 6.54. The van der Waals surface area contributed by atoms with Gasteiger partial charge in [0, 0.05) is 14.5 Å². The molecular formula is C23H15Br5N2O4. The van der Waals surface area contributed by atoms with Crippen LogP contribution < -0.4 is 14.9 Å². The standard InChI is InChI=1S/C23H15Br5N2O4/c1-12-3-2-4-13(5-12)23(32)34-21-14(6-15(24)7-17(21)26)10-29-30-20(31)11-33-22-18(27)8-16(25)9-19(22)28/h2-10H,11H2,1H3,(H,30,31)/b29-10+. The van der Waals surface area contributed by atoms with Crippen molar-refractivity contribution >= 4 is 97.7 Å². The molecule has 3 rings (SSSR count). The number of carbonyl (C=O) groups excluding carboxylic acids is 2. The maximum absolute atomic E-state index is 12.6. The van der Waals surface area contributed by atoms with Crippen molar-refractivity contribution in [2.24, 2.45) is 5.10 Å². The summed E-state index contributed by atoms with van der Waals surface area (Å²) in [6.45, 7) is 1.64. The van der Waals surface area contributed by atoms with Crippen LogP contribution >= 0.6 is 79.6 Å². The van der Waals surface area contributed by atoms with E-state index in [4.69, 9.17) is 9.47 Å². The topological polar surface area (TPSA) is 77.0 Å². The Morgan fingerprint density at radius 1 is 0.912 bits per heavy atom. The third-order valence-electron chi connectivity index (χ3n) is 4.19. The van der Waals surface area contributed by atoms with Gasteiger partial charge in [-0.05, 0) is 91.1 Å². The highest BCUT2D eigenvalue weighted by Crippen LogP contribution is 2.36. The molecular weight excluding hydrogens is 768 g/mol. The molecule has 3 aromatic rings. The molecule has 0 heterocycles.